The summed E-state index contributed by atoms with van der Waals surface area (Å²) in [6, 6.07) is 5.75. The van der Waals surface area contributed by atoms with E-state index < -0.39 is 70.7 Å². The zero-order chi connectivity index (χ0) is 35.9. The van der Waals surface area contributed by atoms with Crippen molar-refractivity contribution in [1.82, 2.24) is 20.9 Å². The second-order valence-electron chi connectivity index (χ2n) is 16.4. The zero-order valence-corrected chi connectivity index (χ0v) is 29.7. The molecule has 0 spiro atoms. The number of hydrogen-bond acceptors (Lipinski definition) is 7. The molecule has 5 amide bonds. The lowest BCUT2D eigenvalue weighted by Crippen LogP contribution is -2.64. The summed E-state index contributed by atoms with van der Waals surface area (Å²) in [4.78, 5) is 81.8. The van der Waals surface area contributed by atoms with E-state index in [4.69, 9.17) is 10.5 Å². The van der Waals surface area contributed by atoms with Crippen molar-refractivity contribution >= 4 is 35.5 Å². The van der Waals surface area contributed by atoms with E-state index in [0.29, 0.717) is 25.8 Å². The molecule has 4 fully saturated rings. The van der Waals surface area contributed by atoms with Crippen LogP contribution in [0.25, 0.3) is 0 Å². The number of nitrogens with two attached hydrogens (primary N) is 1. The molecule has 5 rings (SSSR count). The minimum Gasteiger partial charge on any atom is -0.456 e. The van der Waals surface area contributed by atoms with Crippen LogP contribution in [0, 0.1) is 28.6 Å². The normalized spacial score (nSPS) is 25.5. The number of ketones is 1. The van der Waals surface area contributed by atoms with Crippen molar-refractivity contribution in [3.05, 3.63) is 35.9 Å². The van der Waals surface area contributed by atoms with Gasteiger partial charge in [-0.1, -0.05) is 97.1 Å². The number of Topliss-reactive ketones (excluding diaryl/α,β-unsaturated/α-hetero) is 1. The molecule has 12 heteroatoms. The number of piperidine rings is 1. The van der Waals surface area contributed by atoms with Crippen molar-refractivity contribution < 1.29 is 33.5 Å². The largest absolute Gasteiger partial charge is 0.456 e. The van der Waals surface area contributed by atoms with E-state index in [1.165, 1.54) is 4.90 Å². The van der Waals surface area contributed by atoms with Gasteiger partial charge in [0.1, 0.15) is 23.7 Å². The number of ether oxygens (including phenoxy) is 1. The number of rotatable bonds is 12. The first-order valence-corrected chi connectivity index (χ1v) is 17.8. The number of carbonyl (C=O) groups is 6. The van der Waals surface area contributed by atoms with Crippen LogP contribution in [-0.2, 0) is 28.7 Å². The predicted molar refractivity (Wildman–Crippen MR) is 181 cm³/mol. The molecular weight excluding hydrogens is 626 g/mol. The molecular formula is C37H53N5O7. The SMILES string of the molecule is C[C@H](OC(=O)C1(NC(=O)N[C@H](C(=O)N2C[C@H]3[C@@H]([C@H]2C(=O)NC(CC2CC2)C(=O)C(N)=O)C3(C)C)C(C)(C)C)CCCCC1)c1ccccc1. The van der Waals surface area contributed by atoms with Crippen LogP contribution >= 0.6 is 0 Å². The molecule has 1 unspecified atom stereocenters. The number of fused-ring (bicyclic) bond motifs is 1. The first-order chi connectivity index (χ1) is 23.0. The van der Waals surface area contributed by atoms with E-state index in [1.807, 2.05) is 51.1 Å². The van der Waals surface area contributed by atoms with Gasteiger partial charge in [0.2, 0.25) is 17.6 Å². The molecule has 5 N–H and O–H groups in total. The Morgan fingerprint density at radius 1 is 0.980 bits per heavy atom. The number of primary amides is 1. The lowest BCUT2D eigenvalue weighted by Gasteiger charge is -2.40. The number of amides is 5. The second kappa shape index (κ2) is 13.7. The summed E-state index contributed by atoms with van der Waals surface area (Å²) < 4.78 is 5.89. The number of nitrogens with zero attached hydrogens (tertiary/aromatic N) is 1. The highest BCUT2D eigenvalue weighted by atomic mass is 16.5. The van der Waals surface area contributed by atoms with Gasteiger partial charge in [-0.15, -0.1) is 0 Å². The highest BCUT2D eigenvalue weighted by Crippen LogP contribution is 2.65. The standard InChI is InChI=1S/C37H53N5O7/c1-21(23-13-9-7-10-14-23)49-33(47)37(17-11-8-12-18-37)41-34(48)40-29(35(2,3)4)32(46)42-20-24-26(36(24,5)6)27(42)31(45)39-25(19-22-15-16-22)28(43)30(38)44/h7,9-10,13-14,21-22,24-27,29H,8,11-12,15-20H2,1-6H3,(H2,38,44)(H,39,45)(H2,40,41,48)/t21-,24-,25?,26-,27-,29+/m0/s1. The van der Waals surface area contributed by atoms with Gasteiger partial charge in [-0.2, -0.15) is 0 Å². The first-order valence-electron chi connectivity index (χ1n) is 17.8. The second-order valence-corrected chi connectivity index (χ2v) is 16.4. The van der Waals surface area contributed by atoms with Gasteiger partial charge in [0.15, 0.2) is 0 Å². The third-order valence-electron chi connectivity index (χ3n) is 11.3. The molecule has 4 aliphatic rings. The molecule has 1 aromatic rings. The predicted octanol–water partition coefficient (Wildman–Crippen LogP) is 3.53. The molecule has 3 aliphatic carbocycles. The van der Waals surface area contributed by atoms with Crippen molar-refractivity contribution in [3.63, 3.8) is 0 Å². The van der Waals surface area contributed by atoms with Crippen molar-refractivity contribution in [2.45, 2.75) is 123 Å². The molecule has 0 aromatic heterocycles. The summed E-state index contributed by atoms with van der Waals surface area (Å²) in [6.07, 6.45) is 4.86. The van der Waals surface area contributed by atoms with E-state index in [0.717, 1.165) is 37.7 Å². The maximum atomic E-state index is 14.4. The van der Waals surface area contributed by atoms with Crippen LogP contribution < -0.4 is 21.7 Å². The molecule has 0 radical (unpaired) electrons. The Labute approximate surface area is 289 Å². The summed E-state index contributed by atoms with van der Waals surface area (Å²) >= 11 is 0. The molecule has 3 saturated carbocycles. The first kappa shape index (κ1) is 36.3. The van der Waals surface area contributed by atoms with Crippen LogP contribution in [-0.4, -0.2) is 70.6 Å². The van der Waals surface area contributed by atoms with Crippen molar-refractivity contribution in [2.24, 2.45) is 34.3 Å². The highest BCUT2D eigenvalue weighted by Gasteiger charge is 2.70. The number of nitrogens with one attached hydrogen (secondary N) is 3. The Balaban J connectivity index is 1.32. The number of carbonyl (C=O) groups excluding carboxylic acids is 6. The van der Waals surface area contributed by atoms with Crippen LogP contribution in [0.1, 0.15) is 105 Å². The lowest BCUT2D eigenvalue weighted by atomic mass is 9.81. The number of esters is 1. The van der Waals surface area contributed by atoms with Gasteiger partial charge in [-0.05, 0) is 60.3 Å². The van der Waals surface area contributed by atoms with E-state index in [9.17, 15) is 28.8 Å². The van der Waals surface area contributed by atoms with E-state index in [-0.39, 0.29) is 23.2 Å². The Hall–Kier alpha value is -3.96. The summed E-state index contributed by atoms with van der Waals surface area (Å²) in [5.74, 6) is -3.25. The Bertz CT molecular complexity index is 1460. The summed E-state index contributed by atoms with van der Waals surface area (Å²) in [5.41, 5.74) is 3.94. The van der Waals surface area contributed by atoms with Gasteiger partial charge < -0.3 is 31.3 Å². The third kappa shape index (κ3) is 7.78. The summed E-state index contributed by atoms with van der Waals surface area (Å²) in [5, 5.41) is 8.56. The molecule has 0 bridgehead atoms. The van der Waals surface area contributed by atoms with Gasteiger partial charge >= 0.3 is 12.0 Å². The minimum atomic E-state index is -1.25. The van der Waals surface area contributed by atoms with Crippen molar-refractivity contribution in [2.75, 3.05) is 6.54 Å². The number of likely N-dealkylation sites (tertiary alicyclic amines) is 1. The Morgan fingerprint density at radius 2 is 1.61 bits per heavy atom. The minimum absolute atomic E-state index is 0.0576. The fourth-order valence-electron chi connectivity index (χ4n) is 7.96. The van der Waals surface area contributed by atoms with Crippen LogP contribution in [0.15, 0.2) is 30.3 Å². The third-order valence-corrected chi connectivity index (χ3v) is 11.3. The fourth-order valence-corrected chi connectivity index (χ4v) is 7.96. The fraction of sp³-hybridized carbons (Fsp3) is 0.676. The average molecular weight is 680 g/mol. The van der Waals surface area contributed by atoms with E-state index in [2.05, 4.69) is 29.8 Å². The molecule has 1 saturated heterocycles. The topological polar surface area (TPSA) is 177 Å². The molecule has 12 nitrogen and oxygen atoms in total. The van der Waals surface area contributed by atoms with Crippen LogP contribution in [0.4, 0.5) is 4.79 Å². The quantitative estimate of drug-likeness (QED) is 0.193. The van der Waals surface area contributed by atoms with E-state index in [1.54, 1.807) is 6.92 Å². The number of benzene rings is 1. The Kier molecular flexibility index (Phi) is 10.2. The van der Waals surface area contributed by atoms with Crippen molar-refractivity contribution in [1.29, 1.82) is 0 Å². The number of urea groups is 1. The molecule has 1 heterocycles. The molecule has 268 valence electrons. The van der Waals surface area contributed by atoms with Crippen LogP contribution in [0.5, 0.6) is 0 Å². The van der Waals surface area contributed by atoms with Crippen molar-refractivity contribution in [3.8, 4) is 0 Å². The highest BCUT2D eigenvalue weighted by molar-refractivity contribution is 6.37. The summed E-state index contributed by atoms with van der Waals surface area (Å²) in [7, 11) is 0. The molecule has 49 heavy (non-hydrogen) atoms. The van der Waals surface area contributed by atoms with Gasteiger partial charge in [-0.25, -0.2) is 9.59 Å². The monoisotopic (exact) mass is 679 g/mol. The molecule has 1 aromatic carbocycles. The van der Waals surface area contributed by atoms with Gasteiger partial charge in [0, 0.05) is 6.54 Å². The zero-order valence-electron chi connectivity index (χ0n) is 29.7. The van der Waals surface area contributed by atoms with Crippen LogP contribution in [0.3, 0.4) is 0 Å². The maximum absolute atomic E-state index is 14.4. The van der Waals surface area contributed by atoms with Crippen LogP contribution in [0.2, 0.25) is 0 Å². The smallest absolute Gasteiger partial charge is 0.332 e. The average Bonchev–Trinajstić information content (AvgIpc) is 3.90. The Morgan fingerprint density at radius 3 is 2.18 bits per heavy atom. The summed E-state index contributed by atoms with van der Waals surface area (Å²) in [6.45, 7) is 11.7. The van der Waals surface area contributed by atoms with E-state index >= 15 is 0 Å². The lowest BCUT2D eigenvalue weighted by molar-refractivity contribution is -0.158. The maximum Gasteiger partial charge on any atom is 0.332 e. The number of hydrogen-bond donors (Lipinski definition) is 4. The van der Waals surface area contributed by atoms with Gasteiger partial charge in [0.05, 0.1) is 6.04 Å². The van der Waals surface area contributed by atoms with Gasteiger partial charge in [0.25, 0.3) is 5.91 Å². The van der Waals surface area contributed by atoms with Gasteiger partial charge in [-0.3, -0.25) is 19.2 Å². The molecule has 1 aliphatic heterocycles. The molecule has 6 atom stereocenters.